The number of carbonyl (C=O) groups is 3. The van der Waals surface area contributed by atoms with E-state index < -0.39 is 17.1 Å². The van der Waals surface area contributed by atoms with Gasteiger partial charge in [0.15, 0.2) is 5.13 Å². The van der Waals surface area contributed by atoms with Crippen LogP contribution < -0.4 is 25.4 Å². The van der Waals surface area contributed by atoms with Crippen LogP contribution in [0, 0.1) is 5.82 Å². The number of hydrogen-bond donors (Lipinski definition) is 3. The van der Waals surface area contributed by atoms with Gasteiger partial charge in [-0.25, -0.2) is 9.37 Å². The van der Waals surface area contributed by atoms with E-state index in [0.717, 1.165) is 10.5 Å². The van der Waals surface area contributed by atoms with Gasteiger partial charge in [-0.3, -0.25) is 14.4 Å². The molecule has 0 aliphatic rings. The van der Waals surface area contributed by atoms with Crippen molar-refractivity contribution in [2.45, 2.75) is 17.1 Å². The zero-order valence-electron chi connectivity index (χ0n) is 26.2. The average molecular weight is 683 g/mol. The number of hydrogen-bond acceptors (Lipinski definition) is 8. The summed E-state index contributed by atoms with van der Waals surface area (Å²) < 4.78 is 24.0. The Morgan fingerprint density at radius 3 is 2.31 bits per heavy atom. The van der Waals surface area contributed by atoms with Crippen LogP contribution >= 0.6 is 23.1 Å². The smallest absolute Gasteiger partial charge is 0.272 e. The van der Waals surface area contributed by atoms with Gasteiger partial charge in [0.25, 0.3) is 11.8 Å². The number of aromatic nitrogens is 1. The topological polar surface area (TPSA) is 119 Å². The van der Waals surface area contributed by atoms with Crippen molar-refractivity contribution in [2.75, 3.05) is 24.9 Å². The maximum atomic E-state index is 13.5. The molecule has 0 radical (unpaired) electrons. The molecule has 3 amide bonds. The van der Waals surface area contributed by atoms with Gasteiger partial charge in [0, 0.05) is 32.7 Å². The van der Waals surface area contributed by atoms with Gasteiger partial charge in [-0.05, 0) is 91.9 Å². The van der Waals surface area contributed by atoms with Crippen molar-refractivity contribution in [1.82, 2.24) is 10.3 Å². The number of thioether (sulfide) groups is 1. The summed E-state index contributed by atoms with van der Waals surface area (Å²) in [6.07, 6.45) is 1.52. The van der Waals surface area contributed by atoms with E-state index in [9.17, 15) is 18.8 Å². The lowest BCUT2D eigenvalue weighted by atomic mass is 10.1. The van der Waals surface area contributed by atoms with E-state index in [1.807, 2.05) is 0 Å². The zero-order chi connectivity index (χ0) is 34.0. The number of nitrogens with zero attached hydrogens (tertiary/aromatic N) is 1. The molecule has 0 bridgehead atoms. The van der Waals surface area contributed by atoms with Crippen LogP contribution in [0.3, 0.4) is 0 Å². The molecule has 1 heterocycles. The SMILES string of the molecule is COc1ccc(OC)c(/C=C(\NC(=O)c2ccccc2)C(=O)Nc2ccc(SC(C)C(=O)Nc3nc(-c4ccc(F)cc4)cs3)cc2)c1. The number of methoxy groups -OCH3 is 2. The molecule has 0 saturated carbocycles. The number of thiazole rings is 1. The summed E-state index contributed by atoms with van der Waals surface area (Å²) in [5.41, 5.74) is 2.78. The van der Waals surface area contributed by atoms with Crippen molar-refractivity contribution in [3.63, 3.8) is 0 Å². The van der Waals surface area contributed by atoms with Crippen LogP contribution in [0.15, 0.2) is 113 Å². The molecule has 5 rings (SSSR count). The Bertz CT molecular complexity index is 1930. The fourth-order valence-electron chi connectivity index (χ4n) is 4.41. The molecule has 9 nitrogen and oxygen atoms in total. The van der Waals surface area contributed by atoms with Crippen LogP contribution in [0.1, 0.15) is 22.8 Å². The minimum Gasteiger partial charge on any atom is -0.497 e. The third-order valence-corrected chi connectivity index (χ3v) is 8.80. The number of benzene rings is 4. The summed E-state index contributed by atoms with van der Waals surface area (Å²) >= 11 is 2.63. The van der Waals surface area contributed by atoms with E-state index in [1.165, 1.54) is 55.5 Å². The van der Waals surface area contributed by atoms with Crippen LogP contribution in [0.4, 0.5) is 15.2 Å². The molecule has 4 aromatic carbocycles. The van der Waals surface area contributed by atoms with Gasteiger partial charge in [-0.2, -0.15) is 0 Å². The molecule has 12 heteroatoms. The highest BCUT2D eigenvalue weighted by Gasteiger charge is 2.19. The van der Waals surface area contributed by atoms with Crippen LogP contribution in [0.5, 0.6) is 11.5 Å². The molecule has 0 spiro atoms. The van der Waals surface area contributed by atoms with Gasteiger partial charge < -0.3 is 25.4 Å². The van der Waals surface area contributed by atoms with Gasteiger partial charge >= 0.3 is 0 Å². The first kappa shape index (κ1) is 33.9. The number of rotatable bonds is 12. The number of ether oxygens (including phenoxy) is 2. The number of nitrogens with one attached hydrogen (secondary N) is 3. The van der Waals surface area contributed by atoms with Crippen LogP contribution in [-0.4, -0.2) is 42.2 Å². The van der Waals surface area contributed by atoms with Gasteiger partial charge in [-0.1, -0.05) is 18.2 Å². The largest absolute Gasteiger partial charge is 0.497 e. The van der Waals surface area contributed by atoms with E-state index in [1.54, 1.807) is 97.2 Å². The Morgan fingerprint density at radius 1 is 0.896 bits per heavy atom. The standard InChI is InChI=1S/C36H31FN4O5S2/c1-22(33(42)41-36-40-31(21-47-36)23-9-11-26(37)12-10-23)48-29-16-13-27(14-17-29)38-35(44)30(39-34(43)24-7-5-4-6-8-24)20-25-19-28(45-2)15-18-32(25)46-3/h4-22H,1-3H3,(H,38,44)(H,39,43)(H,40,41,42)/b30-20-. The normalized spacial score (nSPS) is 11.7. The number of anilines is 2. The van der Waals surface area contributed by atoms with Crippen LogP contribution in [0.25, 0.3) is 17.3 Å². The van der Waals surface area contributed by atoms with Gasteiger partial charge in [0.1, 0.15) is 23.0 Å². The van der Waals surface area contributed by atoms with Crippen molar-refractivity contribution in [1.29, 1.82) is 0 Å². The van der Waals surface area contributed by atoms with Crippen molar-refractivity contribution in [2.24, 2.45) is 0 Å². The molecule has 48 heavy (non-hydrogen) atoms. The van der Waals surface area contributed by atoms with E-state index in [4.69, 9.17) is 9.47 Å². The first-order chi connectivity index (χ1) is 23.2. The Labute approximate surface area is 285 Å². The van der Waals surface area contributed by atoms with E-state index >= 15 is 0 Å². The van der Waals surface area contributed by atoms with Crippen molar-refractivity contribution >= 4 is 57.7 Å². The molecule has 3 N–H and O–H groups in total. The molecule has 1 atom stereocenters. The van der Waals surface area contributed by atoms with E-state index in [0.29, 0.717) is 39.1 Å². The quantitative estimate of drug-likeness (QED) is 0.0922. The van der Waals surface area contributed by atoms with E-state index in [-0.39, 0.29) is 17.4 Å². The minimum absolute atomic E-state index is 0.0103. The van der Waals surface area contributed by atoms with Crippen molar-refractivity contribution in [3.8, 4) is 22.8 Å². The zero-order valence-corrected chi connectivity index (χ0v) is 27.8. The highest BCUT2D eigenvalue weighted by molar-refractivity contribution is 8.00. The summed E-state index contributed by atoms with van der Waals surface area (Å²) in [7, 11) is 3.04. The predicted molar refractivity (Wildman–Crippen MR) is 188 cm³/mol. The molecule has 1 unspecified atom stereocenters. The third kappa shape index (κ3) is 8.87. The van der Waals surface area contributed by atoms with Crippen molar-refractivity contribution < 1.29 is 28.2 Å². The Kier molecular flexibility index (Phi) is 11.2. The molecular weight excluding hydrogens is 652 g/mol. The second kappa shape index (κ2) is 15.9. The first-order valence-electron chi connectivity index (χ1n) is 14.6. The summed E-state index contributed by atoms with van der Waals surface area (Å²) in [5, 5.41) is 10.2. The van der Waals surface area contributed by atoms with Gasteiger partial charge in [0.2, 0.25) is 5.91 Å². The lowest BCUT2D eigenvalue weighted by Crippen LogP contribution is -2.30. The fourth-order valence-corrected chi connectivity index (χ4v) is 6.00. The Balaban J connectivity index is 1.25. The van der Waals surface area contributed by atoms with Crippen LogP contribution in [-0.2, 0) is 9.59 Å². The minimum atomic E-state index is -0.555. The Morgan fingerprint density at radius 2 is 1.62 bits per heavy atom. The molecule has 5 aromatic rings. The maximum absolute atomic E-state index is 13.5. The lowest BCUT2D eigenvalue weighted by molar-refractivity contribution is -0.115. The summed E-state index contributed by atoms with van der Waals surface area (Å²) in [6, 6.07) is 26.7. The average Bonchev–Trinajstić information content (AvgIpc) is 3.57. The number of halogens is 1. The highest BCUT2D eigenvalue weighted by Crippen LogP contribution is 2.29. The molecule has 0 fully saturated rings. The molecule has 244 valence electrons. The summed E-state index contributed by atoms with van der Waals surface area (Å²) in [4.78, 5) is 44.7. The molecule has 0 aliphatic carbocycles. The molecule has 1 aromatic heterocycles. The summed E-state index contributed by atoms with van der Waals surface area (Å²) in [5.74, 6) is -0.535. The van der Waals surface area contributed by atoms with Crippen LogP contribution in [0.2, 0.25) is 0 Å². The maximum Gasteiger partial charge on any atom is 0.272 e. The monoisotopic (exact) mass is 682 g/mol. The highest BCUT2D eigenvalue weighted by atomic mass is 32.2. The van der Waals surface area contributed by atoms with Gasteiger partial charge in [-0.15, -0.1) is 23.1 Å². The second-order valence-corrected chi connectivity index (χ2v) is 12.5. The van der Waals surface area contributed by atoms with Crippen molar-refractivity contribution in [3.05, 3.63) is 125 Å². The second-order valence-electron chi connectivity index (χ2n) is 10.3. The van der Waals surface area contributed by atoms with E-state index in [2.05, 4.69) is 20.9 Å². The number of carbonyl (C=O) groups excluding carboxylic acids is 3. The third-order valence-electron chi connectivity index (χ3n) is 6.93. The molecule has 0 aliphatic heterocycles. The predicted octanol–water partition coefficient (Wildman–Crippen LogP) is 7.50. The first-order valence-corrected chi connectivity index (χ1v) is 16.4. The van der Waals surface area contributed by atoms with Gasteiger partial charge in [0.05, 0.1) is 25.2 Å². The fraction of sp³-hybridized carbons (Fsp3) is 0.111. The lowest BCUT2D eigenvalue weighted by Gasteiger charge is -2.14. The Hall–Kier alpha value is -5.46. The molecule has 0 saturated heterocycles. The molecular formula is C36H31FN4O5S2. The summed E-state index contributed by atoms with van der Waals surface area (Å²) in [6.45, 7) is 1.78. The number of amides is 3.